The molecule has 1 aromatic carbocycles. The second-order valence-corrected chi connectivity index (χ2v) is 9.82. The lowest BCUT2D eigenvalue weighted by Gasteiger charge is -2.33. The van der Waals surface area contributed by atoms with E-state index in [1.54, 1.807) is 45.9 Å². The molecule has 1 amide bonds. The van der Waals surface area contributed by atoms with Crippen molar-refractivity contribution >= 4 is 6.09 Å². The van der Waals surface area contributed by atoms with Gasteiger partial charge in [-0.2, -0.15) is 13.2 Å². The molecule has 33 heavy (non-hydrogen) atoms. The molecule has 0 aliphatic heterocycles. The van der Waals surface area contributed by atoms with Crippen molar-refractivity contribution in [1.29, 1.82) is 0 Å². The van der Waals surface area contributed by atoms with Gasteiger partial charge in [0.1, 0.15) is 18.0 Å². The minimum Gasteiger partial charge on any atom is -0.491 e. The van der Waals surface area contributed by atoms with E-state index in [4.69, 9.17) is 9.47 Å². The van der Waals surface area contributed by atoms with E-state index >= 15 is 0 Å². The standard InChI is InChI=1S/C24H32F3N3O3/c1-15(2)13-23(7,30-21(31)33-22(4,5)6)14-32-19-9-8-17(12-16(19)3)18-10-11-28-20(29-18)24(25,26)27/h8-12,15H,13-14H2,1-7H3,(H,30,31). The number of ether oxygens (including phenoxy) is 2. The number of carbonyl (C=O) groups excluding carboxylic acids is 1. The first-order chi connectivity index (χ1) is 15.1. The van der Waals surface area contributed by atoms with Crippen molar-refractivity contribution in [3.8, 4) is 17.0 Å². The van der Waals surface area contributed by atoms with Crippen molar-refractivity contribution in [2.75, 3.05) is 6.61 Å². The van der Waals surface area contributed by atoms with Gasteiger partial charge in [-0.05, 0) is 76.8 Å². The average Bonchev–Trinajstić information content (AvgIpc) is 2.64. The normalized spacial score (nSPS) is 14.0. The first-order valence-corrected chi connectivity index (χ1v) is 10.7. The minimum absolute atomic E-state index is 0.170. The van der Waals surface area contributed by atoms with E-state index in [9.17, 15) is 18.0 Å². The zero-order valence-corrected chi connectivity index (χ0v) is 20.1. The maximum absolute atomic E-state index is 12.9. The Labute approximate surface area is 192 Å². The van der Waals surface area contributed by atoms with Crippen LogP contribution < -0.4 is 10.1 Å². The van der Waals surface area contributed by atoms with Gasteiger partial charge in [0.25, 0.3) is 0 Å². The number of aromatic nitrogens is 2. The van der Waals surface area contributed by atoms with Crippen LogP contribution in [0.5, 0.6) is 5.75 Å². The van der Waals surface area contributed by atoms with Crippen LogP contribution in [0.3, 0.4) is 0 Å². The number of carbonyl (C=O) groups is 1. The molecule has 1 N–H and O–H groups in total. The van der Waals surface area contributed by atoms with Crippen LogP contribution in [0.4, 0.5) is 18.0 Å². The summed E-state index contributed by atoms with van der Waals surface area (Å²) >= 11 is 0. The molecular formula is C24H32F3N3O3. The van der Waals surface area contributed by atoms with Gasteiger partial charge >= 0.3 is 12.3 Å². The van der Waals surface area contributed by atoms with Crippen molar-refractivity contribution in [2.24, 2.45) is 5.92 Å². The van der Waals surface area contributed by atoms with Gasteiger partial charge in [0, 0.05) is 11.8 Å². The highest BCUT2D eigenvalue weighted by Gasteiger charge is 2.35. The highest BCUT2D eigenvalue weighted by molar-refractivity contribution is 5.68. The number of aryl methyl sites for hydroxylation is 1. The van der Waals surface area contributed by atoms with Gasteiger partial charge in [0.2, 0.25) is 5.82 Å². The van der Waals surface area contributed by atoms with Crippen LogP contribution in [-0.2, 0) is 10.9 Å². The molecule has 0 saturated carbocycles. The van der Waals surface area contributed by atoms with E-state index in [-0.39, 0.29) is 18.2 Å². The number of hydrogen-bond donors (Lipinski definition) is 1. The van der Waals surface area contributed by atoms with Crippen LogP contribution in [0.15, 0.2) is 30.5 Å². The Morgan fingerprint density at radius 2 is 1.79 bits per heavy atom. The Balaban J connectivity index is 2.18. The lowest BCUT2D eigenvalue weighted by Crippen LogP contribution is -2.52. The molecule has 182 valence electrons. The van der Waals surface area contributed by atoms with E-state index in [1.807, 2.05) is 20.8 Å². The number of amides is 1. The van der Waals surface area contributed by atoms with Gasteiger partial charge in [0.15, 0.2) is 0 Å². The Morgan fingerprint density at radius 1 is 1.12 bits per heavy atom. The van der Waals surface area contributed by atoms with E-state index in [1.165, 1.54) is 6.07 Å². The second-order valence-electron chi connectivity index (χ2n) is 9.82. The first-order valence-electron chi connectivity index (χ1n) is 10.7. The number of alkyl halides is 3. The van der Waals surface area contributed by atoms with Crippen molar-refractivity contribution < 1.29 is 27.4 Å². The number of hydrogen-bond acceptors (Lipinski definition) is 5. The predicted octanol–water partition coefficient (Wildman–Crippen LogP) is 6.18. The van der Waals surface area contributed by atoms with Crippen LogP contribution >= 0.6 is 0 Å². The molecule has 6 nitrogen and oxygen atoms in total. The minimum atomic E-state index is -4.61. The third kappa shape index (κ3) is 8.22. The van der Waals surface area contributed by atoms with Gasteiger partial charge in [0.05, 0.1) is 11.2 Å². The Hall–Kier alpha value is -2.84. The van der Waals surface area contributed by atoms with Gasteiger partial charge in [-0.15, -0.1) is 0 Å². The number of nitrogens with zero attached hydrogens (tertiary/aromatic N) is 2. The number of benzene rings is 1. The molecule has 1 unspecified atom stereocenters. The Kier molecular flexibility index (Phi) is 7.98. The Morgan fingerprint density at radius 3 is 2.33 bits per heavy atom. The summed E-state index contributed by atoms with van der Waals surface area (Å²) in [7, 11) is 0. The van der Waals surface area contributed by atoms with Crippen molar-refractivity contribution in [1.82, 2.24) is 15.3 Å². The van der Waals surface area contributed by atoms with Crippen LogP contribution in [-0.4, -0.2) is 33.8 Å². The lowest BCUT2D eigenvalue weighted by molar-refractivity contribution is -0.144. The number of alkyl carbamates (subject to hydrolysis) is 1. The largest absolute Gasteiger partial charge is 0.491 e. The van der Waals surface area contributed by atoms with Gasteiger partial charge in [-0.25, -0.2) is 14.8 Å². The molecule has 1 atom stereocenters. The van der Waals surface area contributed by atoms with Crippen LogP contribution in [0, 0.1) is 12.8 Å². The summed E-state index contributed by atoms with van der Waals surface area (Å²) in [5, 5.41) is 2.92. The molecule has 1 heterocycles. The zero-order valence-electron chi connectivity index (χ0n) is 20.1. The molecule has 0 fully saturated rings. The van der Waals surface area contributed by atoms with E-state index in [2.05, 4.69) is 15.3 Å². The Bertz CT molecular complexity index is 971. The molecule has 0 bridgehead atoms. The fourth-order valence-corrected chi connectivity index (χ4v) is 3.46. The van der Waals surface area contributed by atoms with Crippen LogP contribution in [0.1, 0.15) is 59.4 Å². The lowest BCUT2D eigenvalue weighted by atomic mass is 9.91. The summed E-state index contributed by atoms with van der Waals surface area (Å²) in [6.07, 6.45) is -3.39. The molecule has 0 aliphatic carbocycles. The summed E-state index contributed by atoms with van der Waals surface area (Å²) in [5.74, 6) is -0.335. The van der Waals surface area contributed by atoms with Crippen LogP contribution in [0.2, 0.25) is 0 Å². The van der Waals surface area contributed by atoms with E-state index in [0.717, 1.165) is 11.8 Å². The molecule has 0 radical (unpaired) electrons. The topological polar surface area (TPSA) is 73.3 Å². The van der Waals surface area contributed by atoms with Gasteiger partial charge < -0.3 is 14.8 Å². The summed E-state index contributed by atoms with van der Waals surface area (Å²) in [6.45, 7) is 13.4. The number of rotatable bonds is 7. The summed E-state index contributed by atoms with van der Waals surface area (Å²) < 4.78 is 50.2. The summed E-state index contributed by atoms with van der Waals surface area (Å²) in [6, 6.07) is 6.46. The van der Waals surface area contributed by atoms with E-state index < -0.39 is 29.2 Å². The summed E-state index contributed by atoms with van der Waals surface area (Å²) in [5.41, 5.74) is 0.107. The predicted molar refractivity (Wildman–Crippen MR) is 120 cm³/mol. The van der Waals surface area contributed by atoms with Gasteiger partial charge in [-0.1, -0.05) is 13.8 Å². The summed E-state index contributed by atoms with van der Waals surface area (Å²) in [4.78, 5) is 19.3. The third-order valence-corrected chi connectivity index (χ3v) is 4.59. The molecule has 0 aliphatic rings. The van der Waals surface area contributed by atoms with E-state index in [0.29, 0.717) is 17.7 Å². The first kappa shape index (κ1) is 26.4. The zero-order chi connectivity index (χ0) is 25.0. The fraction of sp³-hybridized carbons (Fsp3) is 0.542. The number of nitrogens with one attached hydrogen (secondary N) is 1. The molecule has 0 spiro atoms. The molecule has 1 aromatic heterocycles. The van der Waals surface area contributed by atoms with Gasteiger partial charge in [-0.3, -0.25) is 0 Å². The molecule has 2 aromatic rings. The van der Waals surface area contributed by atoms with Crippen molar-refractivity contribution in [3.05, 3.63) is 41.9 Å². The molecule has 2 rings (SSSR count). The molecular weight excluding hydrogens is 435 g/mol. The average molecular weight is 468 g/mol. The van der Waals surface area contributed by atoms with Crippen molar-refractivity contribution in [2.45, 2.75) is 72.2 Å². The smallest absolute Gasteiger partial charge is 0.451 e. The fourth-order valence-electron chi connectivity index (χ4n) is 3.46. The third-order valence-electron chi connectivity index (χ3n) is 4.59. The highest BCUT2D eigenvalue weighted by Crippen LogP contribution is 2.30. The number of halogens is 3. The SMILES string of the molecule is Cc1cc(-c2ccnc(C(F)(F)F)n2)ccc1OCC(C)(CC(C)C)NC(=O)OC(C)(C)C. The second kappa shape index (κ2) is 9.97. The molecule has 0 saturated heterocycles. The van der Waals surface area contributed by atoms with Crippen LogP contribution in [0.25, 0.3) is 11.3 Å². The maximum Gasteiger partial charge on any atom is 0.451 e. The monoisotopic (exact) mass is 467 g/mol. The maximum atomic E-state index is 12.9. The van der Waals surface area contributed by atoms with Crippen molar-refractivity contribution in [3.63, 3.8) is 0 Å². The quantitative estimate of drug-likeness (QED) is 0.526. The highest BCUT2D eigenvalue weighted by atomic mass is 19.4. The molecule has 9 heteroatoms.